The van der Waals surface area contributed by atoms with Gasteiger partial charge in [0.05, 0.1) is 0 Å². The Balaban J connectivity index is 1.54. The summed E-state index contributed by atoms with van der Waals surface area (Å²) in [5.74, 6) is 7.58. The summed E-state index contributed by atoms with van der Waals surface area (Å²) in [5.41, 5.74) is 1.37. The van der Waals surface area contributed by atoms with E-state index in [0.717, 1.165) is 13.1 Å². The largest absolute Gasteiger partial charge is 0.370 e. The molecule has 0 aliphatic carbocycles. The molecule has 1 aliphatic heterocycles. The van der Waals surface area contributed by atoms with Gasteiger partial charge in [-0.05, 0) is 36.0 Å². The third-order valence-electron chi connectivity index (χ3n) is 5.26. The van der Waals surface area contributed by atoms with Gasteiger partial charge in [-0.15, -0.1) is 0 Å². The van der Waals surface area contributed by atoms with Crippen molar-refractivity contribution in [2.24, 2.45) is 0 Å². The van der Waals surface area contributed by atoms with Crippen LogP contribution in [-0.4, -0.2) is 47.6 Å². The normalized spacial score (nSPS) is 16.5. The van der Waals surface area contributed by atoms with E-state index in [9.17, 15) is 0 Å². The van der Waals surface area contributed by atoms with Crippen molar-refractivity contribution in [1.82, 2.24) is 0 Å². The highest BCUT2D eigenvalue weighted by molar-refractivity contribution is 8.04. The lowest BCUT2D eigenvalue weighted by atomic mass is 10.3. The minimum absolute atomic E-state index is 0.529. The van der Waals surface area contributed by atoms with Crippen molar-refractivity contribution in [2.75, 3.05) is 52.5 Å². The van der Waals surface area contributed by atoms with E-state index in [0.29, 0.717) is 0 Å². The van der Waals surface area contributed by atoms with Crippen LogP contribution in [0.1, 0.15) is 0 Å². The Morgan fingerprint density at radius 1 is 0.484 bits per heavy atom. The fourth-order valence-electron chi connectivity index (χ4n) is 3.68. The minimum Gasteiger partial charge on any atom is -0.370 e. The first-order valence-corrected chi connectivity index (χ1v) is 15.7. The molecule has 0 unspecified atom stereocenters. The minimum atomic E-state index is -0.529. The van der Waals surface area contributed by atoms with E-state index in [1.165, 1.54) is 56.1 Å². The van der Waals surface area contributed by atoms with Crippen LogP contribution in [0.15, 0.2) is 84.9 Å². The van der Waals surface area contributed by atoms with Gasteiger partial charge in [0.25, 0.3) is 0 Å². The first-order valence-electron chi connectivity index (χ1n) is 10.9. The van der Waals surface area contributed by atoms with Crippen LogP contribution in [0.25, 0.3) is 0 Å². The van der Waals surface area contributed by atoms with E-state index in [1.807, 2.05) is 0 Å². The summed E-state index contributed by atoms with van der Waals surface area (Å²) in [7, 11) is -0.529. The van der Waals surface area contributed by atoms with Crippen LogP contribution in [0.5, 0.6) is 0 Å². The van der Waals surface area contributed by atoms with E-state index in [-0.39, 0.29) is 0 Å². The molecule has 1 nitrogen and oxygen atoms in total. The molecule has 1 heterocycles. The quantitative estimate of drug-likeness (QED) is 0.453. The Labute approximate surface area is 201 Å². The van der Waals surface area contributed by atoms with E-state index in [4.69, 9.17) is 0 Å². The predicted molar refractivity (Wildman–Crippen MR) is 149 cm³/mol. The van der Waals surface area contributed by atoms with Crippen molar-refractivity contribution in [3.8, 4) is 0 Å². The fourth-order valence-corrected chi connectivity index (χ4v) is 9.15. The van der Waals surface area contributed by atoms with Gasteiger partial charge in [0.1, 0.15) is 0 Å². The van der Waals surface area contributed by atoms with Crippen LogP contribution < -0.4 is 20.8 Å². The Morgan fingerprint density at radius 3 is 1.39 bits per heavy atom. The second-order valence-electron chi connectivity index (χ2n) is 7.35. The molecule has 3 aromatic carbocycles. The van der Waals surface area contributed by atoms with Gasteiger partial charge in [-0.2, -0.15) is 35.3 Å². The maximum atomic E-state index is 2.59. The number of hydrogen-bond acceptors (Lipinski definition) is 4. The molecule has 162 valence electrons. The first kappa shape index (κ1) is 23.1. The van der Waals surface area contributed by atoms with Crippen LogP contribution >= 0.6 is 43.2 Å². The van der Waals surface area contributed by atoms with Crippen LogP contribution in [0.2, 0.25) is 0 Å². The van der Waals surface area contributed by atoms with Gasteiger partial charge in [0, 0.05) is 53.3 Å². The first-order chi connectivity index (χ1) is 15.4. The molecule has 4 rings (SSSR count). The molecule has 0 N–H and O–H groups in total. The Bertz CT molecular complexity index is 838. The molecule has 0 radical (unpaired) electrons. The van der Waals surface area contributed by atoms with Gasteiger partial charge in [-0.25, -0.2) is 0 Å². The van der Waals surface area contributed by atoms with Crippen molar-refractivity contribution in [1.29, 1.82) is 0 Å². The van der Waals surface area contributed by atoms with Gasteiger partial charge >= 0.3 is 0 Å². The third-order valence-corrected chi connectivity index (χ3v) is 11.1. The molecule has 0 aromatic heterocycles. The van der Waals surface area contributed by atoms with E-state index in [2.05, 4.69) is 125 Å². The molecule has 1 fully saturated rings. The molecular weight excluding hydrogens is 453 g/mol. The average Bonchev–Trinajstić information content (AvgIpc) is 2.82. The summed E-state index contributed by atoms with van der Waals surface area (Å²) in [6, 6.07) is 31.4. The number of benzene rings is 3. The highest BCUT2D eigenvalue weighted by Gasteiger charge is 2.16. The topological polar surface area (TPSA) is 3.24 Å². The van der Waals surface area contributed by atoms with Crippen molar-refractivity contribution < 1.29 is 0 Å². The van der Waals surface area contributed by atoms with E-state index < -0.39 is 7.92 Å². The lowest BCUT2D eigenvalue weighted by molar-refractivity contribution is 0.879. The van der Waals surface area contributed by atoms with Crippen LogP contribution in [0.4, 0.5) is 5.69 Å². The molecule has 0 spiro atoms. The summed E-state index contributed by atoms with van der Waals surface area (Å²) in [5, 5.41) is 4.24. The molecular formula is C26H30NPS3. The fraction of sp³-hybridized carbons (Fsp3) is 0.308. The number of rotatable bonds is 4. The standard InChI is InChI=1S/C26H30NPS3/c1-3-7-24(8-4-1)28(25-9-5-2-6-10-25)26-13-11-23(12-14-26)27-15-17-29-19-21-31-22-20-30-18-16-27/h1-14H,15-22H2. The van der Waals surface area contributed by atoms with E-state index in [1.54, 1.807) is 0 Å². The van der Waals surface area contributed by atoms with Gasteiger partial charge in [-0.3, -0.25) is 0 Å². The highest BCUT2D eigenvalue weighted by Crippen LogP contribution is 2.33. The van der Waals surface area contributed by atoms with Gasteiger partial charge < -0.3 is 4.90 Å². The number of thioether (sulfide) groups is 3. The zero-order chi connectivity index (χ0) is 21.1. The maximum absolute atomic E-state index is 2.59. The van der Waals surface area contributed by atoms with Crippen molar-refractivity contribution >= 4 is 64.8 Å². The predicted octanol–water partition coefficient (Wildman–Crippen LogP) is 5.46. The van der Waals surface area contributed by atoms with Gasteiger partial charge in [0.2, 0.25) is 0 Å². The molecule has 0 bridgehead atoms. The smallest absolute Gasteiger partial charge is 0.0367 e. The zero-order valence-corrected chi connectivity index (χ0v) is 21.2. The zero-order valence-electron chi connectivity index (χ0n) is 17.9. The molecule has 0 amide bonds. The summed E-state index contributed by atoms with van der Waals surface area (Å²) >= 11 is 6.32. The van der Waals surface area contributed by atoms with Crippen molar-refractivity contribution in [2.45, 2.75) is 0 Å². The average molecular weight is 484 g/mol. The Morgan fingerprint density at radius 2 is 0.903 bits per heavy atom. The molecule has 31 heavy (non-hydrogen) atoms. The highest BCUT2D eigenvalue weighted by atomic mass is 32.2. The van der Waals surface area contributed by atoms with Gasteiger partial charge in [0.15, 0.2) is 0 Å². The maximum Gasteiger partial charge on any atom is 0.0367 e. The van der Waals surface area contributed by atoms with Crippen LogP contribution in [-0.2, 0) is 0 Å². The Hall–Kier alpha value is -1.06. The Kier molecular flexibility index (Phi) is 9.57. The number of nitrogens with zero attached hydrogens (tertiary/aromatic N) is 1. The molecule has 1 saturated heterocycles. The summed E-state index contributed by atoms with van der Waals surface area (Å²) < 4.78 is 0. The summed E-state index contributed by atoms with van der Waals surface area (Å²) in [6.45, 7) is 2.28. The summed E-state index contributed by atoms with van der Waals surface area (Å²) in [4.78, 5) is 2.59. The number of anilines is 1. The van der Waals surface area contributed by atoms with E-state index >= 15 is 0 Å². The summed E-state index contributed by atoms with van der Waals surface area (Å²) in [6.07, 6.45) is 0. The molecule has 0 saturated carbocycles. The number of hydrogen-bond donors (Lipinski definition) is 0. The second kappa shape index (κ2) is 12.8. The van der Waals surface area contributed by atoms with Crippen molar-refractivity contribution in [3.05, 3.63) is 84.9 Å². The third kappa shape index (κ3) is 6.96. The van der Waals surface area contributed by atoms with Crippen LogP contribution in [0.3, 0.4) is 0 Å². The molecule has 3 aromatic rings. The SMILES string of the molecule is c1ccc(P(c2ccccc2)c2ccc(N3CCSCCSCCSCC3)cc2)cc1. The van der Waals surface area contributed by atoms with Crippen molar-refractivity contribution in [3.63, 3.8) is 0 Å². The second-order valence-corrected chi connectivity index (χ2v) is 13.2. The molecule has 5 heteroatoms. The molecule has 0 atom stereocenters. The van der Waals surface area contributed by atoms with Gasteiger partial charge in [-0.1, -0.05) is 72.8 Å². The monoisotopic (exact) mass is 483 g/mol. The molecule has 1 aliphatic rings. The lowest BCUT2D eigenvalue weighted by Crippen LogP contribution is -2.29. The lowest BCUT2D eigenvalue weighted by Gasteiger charge is -2.26. The van der Waals surface area contributed by atoms with Crippen LogP contribution in [0, 0.1) is 0 Å².